The van der Waals surface area contributed by atoms with Crippen LogP contribution < -0.4 is 5.32 Å². The Morgan fingerprint density at radius 2 is 1.78 bits per heavy atom. The molecule has 1 aliphatic rings. The lowest BCUT2D eigenvalue weighted by atomic mass is 10.0. The quantitative estimate of drug-likeness (QED) is 0.904. The lowest BCUT2D eigenvalue weighted by Gasteiger charge is -2.35. The van der Waals surface area contributed by atoms with Crippen LogP contribution in [0.4, 0.5) is 0 Å². The smallest absolute Gasteiger partial charge is 0.256 e. The van der Waals surface area contributed by atoms with E-state index in [9.17, 15) is 9.59 Å². The fourth-order valence-electron chi connectivity index (χ4n) is 2.65. The molecule has 1 aliphatic heterocycles. The van der Waals surface area contributed by atoms with Gasteiger partial charge in [0, 0.05) is 18.1 Å². The van der Waals surface area contributed by atoms with E-state index in [-0.39, 0.29) is 11.8 Å². The van der Waals surface area contributed by atoms with Crippen molar-refractivity contribution in [2.24, 2.45) is 0 Å². The molecule has 0 aliphatic carbocycles. The van der Waals surface area contributed by atoms with Gasteiger partial charge in [-0.1, -0.05) is 47.5 Å². The molecule has 0 saturated carbocycles. The Morgan fingerprint density at radius 3 is 2.48 bits per heavy atom. The predicted octanol–water partition coefficient (Wildman–Crippen LogP) is 3.31. The number of nitrogens with one attached hydrogen (secondary N) is 1. The van der Waals surface area contributed by atoms with E-state index in [4.69, 9.17) is 23.2 Å². The Bertz CT molecular complexity index is 747. The zero-order valence-electron chi connectivity index (χ0n) is 12.1. The molecule has 0 radical (unpaired) electrons. The average molecular weight is 349 g/mol. The van der Waals surface area contributed by atoms with Crippen LogP contribution in [0.1, 0.15) is 22.0 Å². The summed E-state index contributed by atoms with van der Waals surface area (Å²) in [7, 11) is 0. The summed E-state index contributed by atoms with van der Waals surface area (Å²) < 4.78 is 0. The molecule has 0 aromatic heterocycles. The number of hydrogen-bond acceptors (Lipinski definition) is 2. The molecule has 0 spiro atoms. The number of halogens is 2. The van der Waals surface area contributed by atoms with Crippen molar-refractivity contribution < 1.29 is 9.59 Å². The summed E-state index contributed by atoms with van der Waals surface area (Å²) in [6.07, 6.45) is 0. The van der Waals surface area contributed by atoms with Gasteiger partial charge >= 0.3 is 0 Å². The minimum absolute atomic E-state index is 0.209. The third-order valence-electron chi connectivity index (χ3n) is 3.76. The summed E-state index contributed by atoms with van der Waals surface area (Å²) in [5, 5.41) is 3.75. The van der Waals surface area contributed by atoms with Crippen LogP contribution in [0.3, 0.4) is 0 Å². The zero-order valence-corrected chi connectivity index (χ0v) is 13.6. The molecule has 2 aromatic carbocycles. The van der Waals surface area contributed by atoms with Crippen molar-refractivity contribution in [1.29, 1.82) is 0 Å². The summed E-state index contributed by atoms with van der Waals surface area (Å²) in [5.41, 5.74) is 1.11. The molecular formula is C17H14Cl2N2O2. The number of benzene rings is 2. The maximum atomic E-state index is 12.9. The first-order chi connectivity index (χ1) is 11.1. The third-order valence-corrected chi connectivity index (χ3v) is 4.34. The minimum atomic E-state index is -0.690. The van der Waals surface area contributed by atoms with E-state index in [2.05, 4.69) is 5.32 Å². The van der Waals surface area contributed by atoms with E-state index in [1.165, 1.54) is 0 Å². The molecule has 1 N–H and O–H groups in total. The van der Waals surface area contributed by atoms with Crippen LogP contribution >= 0.6 is 23.2 Å². The van der Waals surface area contributed by atoms with Crippen molar-refractivity contribution >= 4 is 35.0 Å². The molecule has 1 saturated heterocycles. The molecule has 3 rings (SSSR count). The van der Waals surface area contributed by atoms with Crippen molar-refractivity contribution in [2.45, 2.75) is 6.04 Å². The van der Waals surface area contributed by atoms with E-state index < -0.39 is 6.04 Å². The Kier molecular flexibility index (Phi) is 4.55. The van der Waals surface area contributed by atoms with Crippen molar-refractivity contribution in [3.63, 3.8) is 0 Å². The monoisotopic (exact) mass is 348 g/mol. The van der Waals surface area contributed by atoms with E-state index in [1.54, 1.807) is 53.4 Å². The van der Waals surface area contributed by atoms with Gasteiger partial charge in [0.15, 0.2) is 0 Å². The number of amides is 2. The van der Waals surface area contributed by atoms with Crippen LogP contribution in [0, 0.1) is 0 Å². The molecule has 1 heterocycles. The molecule has 4 nitrogen and oxygen atoms in total. The topological polar surface area (TPSA) is 49.4 Å². The molecular weight excluding hydrogens is 335 g/mol. The van der Waals surface area contributed by atoms with Crippen LogP contribution in [0.15, 0.2) is 48.5 Å². The van der Waals surface area contributed by atoms with Crippen LogP contribution in [-0.2, 0) is 4.79 Å². The highest BCUT2D eigenvalue weighted by Crippen LogP contribution is 2.28. The SMILES string of the molecule is O=C1NCCN(C(=O)c2ccccc2Cl)C1c1ccc(Cl)cc1. The van der Waals surface area contributed by atoms with Gasteiger partial charge in [0.05, 0.1) is 10.6 Å². The molecule has 6 heteroatoms. The largest absolute Gasteiger partial charge is 0.352 e. The first-order valence-corrected chi connectivity index (χ1v) is 7.92. The normalized spacial score (nSPS) is 17.7. The van der Waals surface area contributed by atoms with Gasteiger partial charge in [-0.15, -0.1) is 0 Å². The fraction of sp³-hybridized carbons (Fsp3) is 0.176. The molecule has 2 aromatic rings. The fourth-order valence-corrected chi connectivity index (χ4v) is 2.99. The van der Waals surface area contributed by atoms with Gasteiger partial charge in [-0.05, 0) is 29.8 Å². The van der Waals surface area contributed by atoms with E-state index >= 15 is 0 Å². The van der Waals surface area contributed by atoms with Gasteiger partial charge in [-0.3, -0.25) is 9.59 Å². The number of piperazine rings is 1. The molecule has 1 unspecified atom stereocenters. The zero-order chi connectivity index (χ0) is 16.4. The standard InChI is InChI=1S/C17H14Cl2N2O2/c18-12-7-5-11(6-8-12)15-16(22)20-9-10-21(15)17(23)13-3-1-2-4-14(13)19/h1-8,15H,9-10H2,(H,20,22). The average Bonchev–Trinajstić information content (AvgIpc) is 2.55. The maximum absolute atomic E-state index is 12.9. The summed E-state index contributed by atoms with van der Waals surface area (Å²) >= 11 is 12.0. The molecule has 118 valence electrons. The molecule has 2 amide bonds. The third kappa shape index (κ3) is 3.19. The van der Waals surface area contributed by atoms with Crippen LogP contribution in [0.25, 0.3) is 0 Å². The minimum Gasteiger partial charge on any atom is -0.352 e. The van der Waals surface area contributed by atoms with E-state index in [0.717, 1.165) is 0 Å². The number of carbonyl (C=O) groups excluding carboxylic acids is 2. The van der Waals surface area contributed by atoms with E-state index in [1.807, 2.05) is 0 Å². The molecule has 1 atom stereocenters. The Hall–Kier alpha value is -2.04. The Morgan fingerprint density at radius 1 is 1.09 bits per heavy atom. The highest BCUT2D eigenvalue weighted by molar-refractivity contribution is 6.33. The summed E-state index contributed by atoms with van der Waals surface area (Å²) in [6.45, 7) is 0.836. The second-order valence-electron chi connectivity index (χ2n) is 5.22. The second kappa shape index (κ2) is 6.60. The van der Waals surface area contributed by atoms with Gasteiger partial charge in [0.1, 0.15) is 6.04 Å². The van der Waals surface area contributed by atoms with Crippen LogP contribution in [0.5, 0.6) is 0 Å². The second-order valence-corrected chi connectivity index (χ2v) is 6.07. The Balaban J connectivity index is 1.98. The summed E-state index contributed by atoms with van der Waals surface area (Å²) in [5.74, 6) is -0.468. The lowest BCUT2D eigenvalue weighted by Crippen LogP contribution is -2.52. The first-order valence-electron chi connectivity index (χ1n) is 7.16. The number of rotatable bonds is 2. The number of carbonyl (C=O) groups is 2. The van der Waals surface area contributed by atoms with Gasteiger partial charge in [0.25, 0.3) is 5.91 Å². The first kappa shape index (κ1) is 15.8. The van der Waals surface area contributed by atoms with Gasteiger partial charge in [0.2, 0.25) is 5.91 Å². The van der Waals surface area contributed by atoms with E-state index in [0.29, 0.717) is 34.3 Å². The van der Waals surface area contributed by atoms with Crippen molar-refractivity contribution in [3.05, 3.63) is 69.7 Å². The maximum Gasteiger partial charge on any atom is 0.256 e. The molecule has 0 bridgehead atoms. The van der Waals surface area contributed by atoms with Crippen molar-refractivity contribution in [2.75, 3.05) is 13.1 Å². The summed E-state index contributed by atoms with van der Waals surface area (Å²) in [4.78, 5) is 26.7. The lowest BCUT2D eigenvalue weighted by molar-refractivity contribution is -0.128. The van der Waals surface area contributed by atoms with Gasteiger partial charge in [-0.25, -0.2) is 0 Å². The Labute approximate surface area is 144 Å². The van der Waals surface area contributed by atoms with Gasteiger partial charge < -0.3 is 10.2 Å². The predicted molar refractivity (Wildman–Crippen MR) is 89.7 cm³/mol. The molecule has 23 heavy (non-hydrogen) atoms. The number of nitrogens with zero attached hydrogens (tertiary/aromatic N) is 1. The number of hydrogen-bond donors (Lipinski definition) is 1. The van der Waals surface area contributed by atoms with Crippen LogP contribution in [0.2, 0.25) is 10.0 Å². The highest BCUT2D eigenvalue weighted by atomic mass is 35.5. The van der Waals surface area contributed by atoms with Crippen molar-refractivity contribution in [1.82, 2.24) is 10.2 Å². The highest BCUT2D eigenvalue weighted by Gasteiger charge is 2.35. The van der Waals surface area contributed by atoms with Crippen LogP contribution in [-0.4, -0.2) is 29.8 Å². The summed E-state index contributed by atoms with van der Waals surface area (Å²) in [6, 6.07) is 13.1. The van der Waals surface area contributed by atoms with Crippen molar-refractivity contribution in [3.8, 4) is 0 Å². The molecule has 1 fully saturated rings. The van der Waals surface area contributed by atoms with Gasteiger partial charge in [-0.2, -0.15) is 0 Å².